The lowest BCUT2D eigenvalue weighted by Gasteiger charge is -2.37. The molecule has 0 radical (unpaired) electrons. The molecule has 2 aromatic rings. The number of aliphatic hydroxyl groups excluding tert-OH is 1. The van der Waals surface area contributed by atoms with Crippen molar-refractivity contribution < 1.29 is 24.2 Å². The molecule has 8 nitrogen and oxygen atoms in total. The Balaban J connectivity index is 1.57. The van der Waals surface area contributed by atoms with Gasteiger partial charge < -0.3 is 24.5 Å². The fourth-order valence-electron chi connectivity index (χ4n) is 7.00. The van der Waals surface area contributed by atoms with Gasteiger partial charge in [0.1, 0.15) is 11.6 Å². The third-order valence-electron chi connectivity index (χ3n) is 8.73. The minimum Gasteiger partial charge on any atom is -0.396 e. The molecule has 3 saturated heterocycles. The zero-order valence-corrected chi connectivity index (χ0v) is 26.3. The van der Waals surface area contributed by atoms with Gasteiger partial charge in [-0.2, -0.15) is 0 Å². The summed E-state index contributed by atoms with van der Waals surface area (Å²) in [5.41, 5.74) is 0.00479. The van der Waals surface area contributed by atoms with Gasteiger partial charge in [-0.3, -0.25) is 14.4 Å². The van der Waals surface area contributed by atoms with Crippen LogP contribution in [0.2, 0.25) is 5.02 Å². The molecule has 1 N–H and O–H groups in total. The van der Waals surface area contributed by atoms with Gasteiger partial charge in [-0.25, -0.2) is 0 Å². The molecule has 0 saturated carbocycles. The third kappa shape index (κ3) is 5.57. The number of aliphatic hydroxyl groups is 1. The van der Waals surface area contributed by atoms with Crippen molar-refractivity contribution in [2.45, 2.75) is 48.3 Å². The first-order valence-corrected chi connectivity index (χ1v) is 16.0. The highest BCUT2D eigenvalue weighted by Crippen LogP contribution is 2.60. The summed E-state index contributed by atoms with van der Waals surface area (Å²) in [6.07, 6.45) is 4.97. The van der Waals surface area contributed by atoms with Gasteiger partial charge in [0.05, 0.1) is 28.6 Å². The van der Waals surface area contributed by atoms with Gasteiger partial charge in [-0.05, 0) is 49.9 Å². The van der Waals surface area contributed by atoms with E-state index in [1.54, 1.807) is 51.1 Å². The van der Waals surface area contributed by atoms with E-state index in [1.165, 1.54) is 0 Å². The van der Waals surface area contributed by atoms with E-state index < -0.39 is 29.6 Å². The number of likely N-dealkylation sites (tertiary alicyclic amines) is 1. The lowest BCUT2D eigenvalue weighted by molar-refractivity contribution is -0.140. The van der Waals surface area contributed by atoms with E-state index in [2.05, 4.69) is 29.1 Å². The number of benzene rings is 2. The molecular weight excluding hydrogens is 634 g/mol. The second kappa shape index (κ2) is 13.3. The van der Waals surface area contributed by atoms with E-state index in [9.17, 15) is 19.5 Å². The smallest absolute Gasteiger partial charge is 0.253 e. The Labute approximate surface area is 266 Å². The van der Waals surface area contributed by atoms with Crippen molar-refractivity contribution in [3.8, 4) is 0 Å². The number of halogens is 2. The van der Waals surface area contributed by atoms with Crippen molar-refractivity contribution in [2.75, 3.05) is 36.0 Å². The molecule has 3 amide bonds. The summed E-state index contributed by atoms with van der Waals surface area (Å²) < 4.78 is 6.72. The van der Waals surface area contributed by atoms with Crippen molar-refractivity contribution in [3.05, 3.63) is 84.9 Å². The number of hydrogen-bond donors (Lipinski definition) is 1. The summed E-state index contributed by atoms with van der Waals surface area (Å²) in [6, 6.07) is 15.4. The van der Waals surface area contributed by atoms with Gasteiger partial charge in [-0.1, -0.05) is 70.0 Å². The van der Waals surface area contributed by atoms with Crippen LogP contribution in [0.15, 0.2) is 79.9 Å². The maximum atomic E-state index is 14.7. The van der Waals surface area contributed by atoms with Gasteiger partial charge in [0, 0.05) is 36.8 Å². The third-order valence-corrected chi connectivity index (χ3v) is 9.90. The van der Waals surface area contributed by atoms with Crippen molar-refractivity contribution in [3.63, 3.8) is 0 Å². The minimum absolute atomic E-state index is 0.0493. The molecule has 43 heavy (non-hydrogen) atoms. The second-order valence-corrected chi connectivity index (χ2v) is 12.8. The molecule has 228 valence electrons. The minimum atomic E-state index is -1.21. The van der Waals surface area contributed by atoms with Crippen molar-refractivity contribution >= 4 is 56.6 Å². The highest BCUT2D eigenvalue weighted by molar-refractivity contribution is 9.09. The van der Waals surface area contributed by atoms with E-state index in [0.717, 1.165) is 0 Å². The number of unbranched alkanes of at least 4 members (excludes halogenated alkanes) is 2. The van der Waals surface area contributed by atoms with Crippen LogP contribution >= 0.6 is 27.5 Å². The molecule has 0 aromatic heterocycles. The van der Waals surface area contributed by atoms with Gasteiger partial charge in [0.25, 0.3) is 5.91 Å². The molecule has 3 aliphatic rings. The Kier molecular flexibility index (Phi) is 9.76. The molecule has 6 atom stereocenters. The molecule has 1 spiro atoms. The molecule has 3 aliphatic heterocycles. The van der Waals surface area contributed by atoms with Crippen LogP contribution in [0.3, 0.4) is 0 Å². The average molecular weight is 671 g/mol. The standard InChI is InChI=1S/C33H37BrClN3O5/c1-3-17-36(22-13-7-5-8-14-22)30(40)26-27-31(41)38(19-11-6-12-20-39)29(33(27)21-23(34)28(26)43-33)32(42)37(18-4-2)25-16-10-9-15-24(25)35/h3-5,7-10,13-16,23,26-29,39H,1-2,6,11-12,17-21H2/t23?,26-,27+,28-,29?,33?/m1/s1. The summed E-state index contributed by atoms with van der Waals surface area (Å²) in [5.74, 6) is -2.45. The maximum absolute atomic E-state index is 14.7. The van der Waals surface area contributed by atoms with Crippen LogP contribution in [-0.4, -0.2) is 76.5 Å². The van der Waals surface area contributed by atoms with Crippen LogP contribution in [0.25, 0.3) is 0 Å². The Morgan fingerprint density at radius 2 is 1.70 bits per heavy atom. The van der Waals surface area contributed by atoms with Crippen molar-refractivity contribution in [1.29, 1.82) is 0 Å². The zero-order chi connectivity index (χ0) is 30.7. The van der Waals surface area contributed by atoms with E-state index >= 15 is 0 Å². The number of fused-ring (bicyclic) bond motifs is 1. The summed E-state index contributed by atoms with van der Waals surface area (Å²) in [6.45, 7) is 8.50. The number of para-hydroxylation sites is 2. The molecule has 2 bridgehead atoms. The molecular formula is C33H37BrClN3O5. The predicted molar refractivity (Wildman–Crippen MR) is 171 cm³/mol. The number of rotatable bonds is 13. The Morgan fingerprint density at radius 3 is 2.37 bits per heavy atom. The topological polar surface area (TPSA) is 90.4 Å². The van der Waals surface area contributed by atoms with Gasteiger partial charge in [0.15, 0.2) is 0 Å². The predicted octanol–water partition coefficient (Wildman–Crippen LogP) is 4.99. The van der Waals surface area contributed by atoms with E-state index in [4.69, 9.17) is 16.3 Å². The fourth-order valence-corrected chi connectivity index (χ4v) is 8.18. The molecule has 2 aromatic carbocycles. The van der Waals surface area contributed by atoms with E-state index in [-0.39, 0.29) is 42.2 Å². The highest BCUT2D eigenvalue weighted by atomic mass is 79.9. The van der Waals surface area contributed by atoms with Gasteiger partial charge in [-0.15, -0.1) is 13.2 Å². The molecule has 0 aliphatic carbocycles. The van der Waals surface area contributed by atoms with Crippen molar-refractivity contribution in [1.82, 2.24) is 4.90 Å². The molecule has 5 rings (SSSR count). The van der Waals surface area contributed by atoms with Crippen LogP contribution in [0.1, 0.15) is 25.7 Å². The normalized spacial score (nSPS) is 27.2. The number of hydrogen-bond acceptors (Lipinski definition) is 5. The number of nitrogens with zero attached hydrogens (tertiary/aromatic N) is 3. The number of anilines is 2. The number of carbonyl (C=O) groups excluding carboxylic acids is 3. The maximum Gasteiger partial charge on any atom is 0.253 e. The van der Waals surface area contributed by atoms with Crippen molar-refractivity contribution in [2.24, 2.45) is 11.8 Å². The van der Waals surface area contributed by atoms with E-state index in [0.29, 0.717) is 48.6 Å². The molecule has 3 heterocycles. The Hall–Kier alpha value is -2.98. The first kappa shape index (κ1) is 31.4. The lowest BCUT2D eigenvalue weighted by Crippen LogP contribution is -2.57. The first-order valence-electron chi connectivity index (χ1n) is 14.7. The first-order chi connectivity index (χ1) is 20.8. The number of alkyl halides is 1. The quantitative estimate of drug-likeness (QED) is 0.184. The second-order valence-electron chi connectivity index (χ2n) is 11.2. The summed E-state index contributed by atoms with van der Waals surface area (Å²) in [4.78, 5) is 48.1. The fraction of sp³-hybridized carbons (Fsp3) is 0.424. The van der Waals surface area contributed by atoms with Crippen LogP contribution in [-0.2, 0) is 19.1 Å². The average Bonchev–Trinajstić information content (AvgIpc) is 3.60. The van der Waals surface area contributed by atoms with Crippen LogP contribution < -0.4 is 9.80 Å². The van der Waals surface area contributed by atoms with Gasteiger partial charge in [0.2, 0.25) is 11.8 Å². The molecule has 3 fully saturated rings. The van der Waals surface area contributed by atoms with Crippen LogP contribution in [0.5, 0.6) is 0 Å². The Morgan fingerprint density at radius 1 is 1.02 bits per heavy atom. The zero-order valence-electron chi connectivity index (χ0n) is 24.0. The number of amides is 3. The monoisotopic (exact) mass is 669 g/mol. The lowest BCUT2D eigenvalue weighted by atomic mass is 9.70. The van der Waals surface area contributed by atoms with Crippen LogP contribution in [0.4, 0.5) is 11.4 Å². The summed E-state index contributed by atoms with van der Waals surface area (Å²) in [7, 11) is 0. The van der Waals surface area contributed by atoms with E-state index in [1.807, 2.05) is 30.3 Å². The molecule has 3 unspecified atom stereocenters. The number of carbonyl (C=O) groups is 3. The van der Waals surface area contributed by atoms with Crippen LogP contribution in [0, 0.1) is 11.8 Å². The SMILES string of the molecule is C=CCN(C(=O)[C@H]1[C@@H]2OC3(CC2Br)C(C(=O)N(CC=C)c2ccccc2Cl)N(CCCCCO)C(=O)[C@H]13)c1ccccc1. The Bertz CT molecular complexity index is 1380. The summed E-state index contributed by atoms with van der Waals surface area (Å²) in [5, 5.41) is 9.73. The summed E-state index contributed by atoms with van der Waals surface area (Å²) >= 11 is 10.3. The largest absolute Gasteiger partial charge is 0.396 e. The number of ether oxygens (including phenoxy) is 1. The highest BCUT2D eigenvalue weighted by Gasteiger charge is 2.77. The molecule has 10 heteroatoms. The van der Waals surface area contributed by atoms with Gasteiger partial charge >= 0.3 is 0 Å².